The minimum Gasteiger partial charge on any atom is -0.255 e. The molecule has 0 aromatic rings. The van der Waals surface area contributed by atoms with Gasteiger partial charge in [-0.1, -0.05) is 87.9 Å². The first-order valence-electron chi connectivity index (χ1n) is 17.1. The minimum atomic E-state index is -3.36. The van der Waals surface area contributed by atoms with E-state index in [0.29, 0.717) is 11.7 Å². The molecular weight excluding hydrogens is 784 g/mol. The van der Waals surface area contributed by atoms with E-state index < -0.39 is 66.7 Å². The molecule has 0 aromatic carbocycles. The molecule has 12 fully saturated rings. The number of hydroxylamine groups is 3. The van der Waals surface area contributed by atoms with Crippen LogP contribution in [0.3, 0.4) is 0 Å². The van der Waals surface area contributed by atoms with Crippen molar-refractivity contribution in [1.82, 2.24) is 13.4 Å². The van der Waals surface area contributed by atoms with Gasteiger partial charge >= 0.3 is 0 Å². The Morgan fingerprint density at radius 1 is 0.531 bits per heavy atom. The Labute approximate surface area is 307 Å². The molecule has 0 aromatic heterocycles. The van der Waals surface area contributed by atoms with Crippen LogP contribution in [0.2, 0.25) is 0 Å². The van der Waals surface area contributed by atoms with Crippen molar-refractivity contribution in [3.8, 4) is 0 Å². The Bertz CT molecular complexity index is 1900. The highest BCUT2D eigenvalue weighted by Crippen LogP contribution is 2.87. The predicted octanol–water partition coefficient (Wildman–Crippen LogP) is 4.87. The lowest BCUT2D eigenvalue weighted by Crippen LogP contribution is -2.48. The highest BCUT2D eigenvalue weighted by Gasteiger charge is 2.98. The Morgan fingerprint density at radius 2 is 0.918 bits per heavy atom. The summed E-state index contributed by atoms with van der Waals surface area (Å²) < 4.78 is 73.2. The summed E-state index contributed by atoms with van der Waals surface area (Å²) in [6, 6.07) is 0. The molecule has 12 rings (SSSR count). The molecule has 12 atom stereocenters. The molecule has 0 amide bonds. The van der Waals surface area contributed by atoms with Crippen LogP contribution >= 0.6 is 46.4 Å². The van der Waals surface area contributed by atoms with Crippen LogP contribution in [0.4, 0.5) is 0 Å². The quantitative estimate of drug-likeness (QED) is 0.247. The second-order valence-corrected chi connectivity index (χ2v) is 26.7. The van der Waals surface area contributed by atoms with E-state index in [4.69, 9.17) is 60.9 Å². The average Bonchev–Trinajstić information content (AvgIpc) is 3.85. The third-order valence-corrected chi connectivity index (χ3v) is 24.1. The molecular formula is C30H41Cl4N3O9S3. The summed E-state index contributed by atoms with van der Waals surface area (Å²) in [6.07, 6.45) is 6.48. The number of nitrogens with zero attached hydrogens (tertiary/aromatic N) is 3. The first-order valence-corrected chi connectivity index (χ1v) is 23.4. The molecule has 6 spiro atoms. The molecule has 12 nitrogen and oxygen atoms in total. The van der Waals surface area contributed by atoms with Crippen LogP contribution in [-0.2, 0) is 44.6 Å². The lowest BCUT2D eigenvalue weighted by molar-refractivity contribution is 0.0704. The van der Waals surface area contributed by atoms with Gasteiger partial charge in [0.1, 0.15) is 0 Å². The van der Waals surface area contributed by atoms with Gasteiger partial charge in [0.2, 0.25) is 41.5 Å². The van der Waals surface area contributed by atoms with Gasteiger partial charge in [-0.05, 0) is 80.5 Å². The van der Waals surface area contributed by atoms with E-state index in [-0.39, 0.29) is 45.0 Å². The molecule has 0 N–H and O–H groups in total. The van der Waals surface area contributed by atoms with Crippen LogP contribution in [0.15, 0.2) is 0 Å². The monoisotopic (exact) mass is 823 g/mol. The second kappa shape index (κ2) is 8.30. The maximum atomic E-state index is 12.1. The SMILES string of the molecule is CC1(C)C2CC[C@@]13CS(=O)(=O)N1OC13C2.CC1(C)C2CC[C@@]13CS(=O)(=O)N1OC13C2(Cl)Cl.CC1(C)C2CC[C@]13CS(=O)(=O)N1OC13C2(Cl)Cl. The van der Waals surface area contributed by atoms with E-state index in [9.17, 15) is 25.3 Å². The molecule has 6 bridgehead atoms. The largest absolute Gasteiger partial charge is 0.255 e. The molecule has 276 valence electrons. The Kier molecular flexibility index (Phi) is 5.81. The third kappa shape index (κ3) is 2.99. The first-order chi connectivity index (χ1) is 22.1. The predicted molar refractivity (Wildman–Crippen MR) is 179 cm³/mol. The molecule has 6 saturated heterocycles. The van der Waals surface area contributed by atoms with Crippen molar-refractivity contribution in [2.75, 3.05) is 17.3 Å². The Hall–Kier alpha value is 0.770. The first kappa shape index (κ1) is 34.3. The summed E-state index contributed by atoms with van der Waals surface area (Å²) >= 11 is 26.0. The minimum absolute atomic E-state index is 0.0823. The summed E-state index contributed by atoms with van der Waals surface area (Å²) in [5, 5.41) is 0. The molecule has 12 aliphatic rings. The number of alkyl halides is 4. The number of fused-ring (bicyclic) bond motifs is 3. The van der Waals surface area contributed by atoms with Crippen molar-refractivity contribution in [2.24, 2.45) is 50.2 Å². The molecule has 0 radical (unpaired) electrons. The zero-order valence-corrected chi connectivity index (χ0v) is 33.5. The molecule has 9 unspecified atom stereocenters. The van der Waals surface area contributed by atoms with Gasteiger partial charge in [-0.3, -0.25) is 14.5 Å². The van der Waals surface area contributed by atoms with E-state index in [1.807, 2.05) is 0 Å². The van der Waals surface area contributed by atoms with Crippen molar-refractivity contribution in [2.45, 2.75) is 112 Å². The summed E-state index contributed by atoms with van der Waals surface area (Å²) in [7, 11) is -9.85. The highest BCUT2D eigenvalue weighted by atomic mass is 35.5. The standard InChI is InChI=1S/2C10H13Cl2NO3S.C10H15NO3S/c2*1-7(2)6-3-4-8(7)5-17(14,15)13-10(8,16-13)9(6,11)12;1-8(2)7-3-4-9(8)6-15(12,13)11-10(9,5-7)14-11/h2*6H,3-5H2,1-2H3;7H,3-6H2,1-2H3/t2*6?,8-,10?,13?;7?,9-,10?,11?/m101/s1. The van der Waals surface area contributed by atoms with E-state index in [1.165, 1.54) is 10.9 Å². The number of hydrogen-bond acceptors (Lipinski definition) is 9. The maximum Gasteiger partial charge on any atom is 0.239 e. The number of sulfonamides is 3. The van der Waals surface area contributed by atoms with Gasteiger partial charge in [0.15, 0.2) is 14.4 Å². The smallest absolute Gasteiger partial charge is 0.239 e. The van der Waals surface area contributed by atoms with E-state index >= 15 is 0 Å². The van der Waals surface area contributed by atoms with Crippen LogP contribution in [0.25, 0.3) is 0 Å². The second-order valence-electron chi connectivity index (χ2n) is 18.6. The molecule has 6 aliphatic carbocycles. The van der Waals surface area contributed by atoms with E-state index in [2.05, 4.69) is 41.5 Å². The summed E-state index contributed by atoms with van der Waals surface area (Å²) in [4.78, 5) is 16.4. The Morgan fingerprint density at radius 3 is 1.27 bits per heavy atom. The summed E-state index contributed by atoms with van der Waals surface area (Å²) in [5.41, 5.74) is -3.74. The highest BCUT2D eigenvalue weighted by molar-refractivity contribution is 7.90. The van der Waals surface area contributed by atoms with Crippen molar-refractivity contribution >= 4 is 76.5 Å². The lowest BCUT2D eigenvalue weighted by Gasteiger charge is -2.36. The summed E-state index contributed by atoms with van der Waals surface area (Å²) in [6.45, 7) is 12.7. The van der Waals surface area contributed by atoms with Crippen molar-refractivity contribution in [3.05, 3.63) is 0 Å². The number of rotatable bonds is 0. The van der Waals surface area contributed by atoms with Crippen molar-refractivity contribution in [1.29, 1.82) is 0 Å². The van der Waals surface area contributed by atoms with Crippen molar-refractivity contribution < 1.29 is 39.8 Å². The van der Waals surface area contributed by atoms with E-state index in [0.717, 1.165) is 47.5 Å². The van der Waals surface area contributed by atoms with Gasteiger partial charge < -0.3 is 0 Å². The molecule has 49 heavy (non-hydrogen) atoms. The van der Waals surface area contributed by atoms with Crippen LogP contribution in [0.1, 0.15) is 86.5 Å². The fourth-order valence-corrected chi connectivity index (χ4v) is 24.1. The van der Waals surface area contributed by atoms with Crippen molar-refractivity contribution in [3.63, 3.8) is 0 Å². The van der Waals surface area contributed by atoms with Gasteiger partial charge in [-0.15, -0.1) is 0 Å². The summed E-state index contributed by atoms with van der Waals surface area (Å²) in [5.74, 6) is 1.34. The van der Waals surface area contributed by atoms with E-state index in [1.54, 1.807) is 0 Å². The normalized spacial score (nSPS) is 59.6. The van der Waals surface area contributed by atoms with Gasteiger partial charge in [-0.25, -0.2) is 25.3 Å². The van der Waals surface area contributed by atoms with Crippen LogP contribution in [0, 0.1) is 50.2 Å². The molecule has 6 heterocycles. The zero-order chi connectivity index (χ0) is 35.7. The molecule has 19 heteroatoms. The van der Waals surface area contributed by atoms with Gasteiger partial charge in [0.05, 0.1) is 17.3 Å². The topological polar surface area (TPSA) is 149 Å². The number of halogens is 4. The van der Waals surface area contributed by atoms with Gasteiger partial charge in [0.25, 0.3) is 0 Å². The van der Waals surface area contributed by atoms with Crippen LogP contribution in [-0.4, -0.2) is 81.8 Å². The third-order valence-electron chi connectivity index (χ3n) is 16.9. The van der Waals surface area contributed by atoms with Gasteiger partial charge in [0, 0.05) is 28.1 Å². The fourth-order valence-electron chi connectivity index (χ4n) is 14.0. The molecule has 6 saturated carbocycles. The Balaban J connectivity index is 0.0000000938. The van der Waals surface area contributed by atoms with Crippen LogP contribution in [0.5, 0.6) is 0 Å². The number of hydrogen-bond donors (Lipinski definition) is 0. The lowest BCUT2D eigenvalue weighted by atomic mass is 9.68. The van der Waals surface area contributed by atoms with Gasteiger partial charge in [-0.2, -0.15) is 0 Å². The average molecular weight is 826 g/mol. The maximum absolute atomic E-state index is 12.1. The molecule has 6 aliphatic heterocycles. The fraction of sp³-hybridized carbons (Fsp3) is 1.00. The van der Waals surface area contributed by atoms with Crippen LogP contribution < -0.4 is 0 Å². The zero-order valence-electron chi connectivity index (χ0n) is 28.1.